The summed E-state index contributed by atoms with van der Waals surface area (Å²) in [5.74, 6) is -0.134. The molecule has 1 fully saturated rings. The lowest BCUT2D eigenvalue weighted by atomic mass is 9.92. The van der Waals surface area contributed by atoms with Gasteiger partial charge in [0, 0.05) is 18.3 Å². The lowest BCUT2D eigenvalue weighted by molar-refractivity contribution is -0.135. The highest BCUT2D eigenvalue weighted by Gasteiger charge is 2.37. The third kappa shape index (κ3) is 2.40. The van der Waals surface area contributed by atoms with E-state index >= 15 is 0 Å². The molecule has 24 heavy (non-hydrogen) atoms. The van der Waals surface area contributed by atoms with Crippen molar-refractivity contribution in [3.63, 3.8) is 0 Å². The Morgan fingerprint density at radius 2 is 1.92 bits per heavy atom. The highest BCUT2D eigenvalue weighted by Crippen LogP contribution is 2.34. The smallest absolute Gasteiger partial charge is 0.254 e. The second kappa shape index (κ2) is 5.64. The van der Waals surface area contributed by atoms with Crippen LogP contribution in [0.3, 0.4) is 0 Å². The summed E-state index contributed by atoms with van der Waals surface area (Å²) in [6, 6.07) is 15.3. The van der Waals surface area contributed by atoms with Crippen molar-refractivity contribution in [1.82, 2.24) is 9.80 Å². The largest absolute Gasteiger partial charge is 0.327 e. The van der Waals surface area contributed by atoms with E-state index in [-0.39, 0.29) is 24.4 Å². The Morgan fingerprint density at radius 1 is 1.12 bits per heavy atom. The van der Waals surface area contributed by atoms with Crippen LogP contribution in [0.15, 0.2) is 54.7 Å². The van der Waals surface area contributed by atoms with E-state index in [0.717, 1.165) is 11.1 Å². The van der Waals surface area contributed by atoms with Crippen LogP contribution in [0.25, 0.3) is 6.08 Å². The van der Waals surface area contributed by atoms with Gasteiger partial charge in [0.05, 0.1) is 6.04 Å². The van der Waals surface area contributed by atoms with Crippen molar-refractivity contribution in [3.8, 4) is 0 Å². The topological polar surface area (TPSA) is 40.6 Å². The molecule has 0 saturated carbocycles. The van der Waals surface area contributed by atoms with Crippen molar-refractivity contribution in [3.05, 3.63) is 77.0 Å². The Bertz CT molecular complexity index is 842. The normalized spacial score (nSPS) is 19.0. The molecule has 4 nitrogen and oxygen atoms in total. The Kier molecular flexibility index (Phi) is 3.45. The van der Waals surface area contributed by atoms with Gasteiger partial charge in [-0.15, -0.1) is 0 Å². The van der Waals surface area contributed by atoms with Gasteiger partial charge < -0.3 is 9.80 Å². The van der Waals surface area contributed by atoms with Crippen LogP contribution < -0.4 is 0 Å². The lowest BCUT2D eigenvalue weighted by Gasteiger charge is -2.41. The number of benzene rings is 2. The quantitative estimate of drug-likeness (QED) is 0.811. The molecule has 4 heteroatoms. The van der Waals surface area contributed by atoms with E-state index in [9.17, 15) is 9.59 Å². The number of rotatable bonds is 1. The predicted molar refractivity (Wildman–Crippen MR) is 92.1 cm³/mol. The summed E-state index contributed by atoms with van der Waals surface area (Å²) in [6.45, 7) is 2.69. The maximum Gasteiger partial charge on any atom is 0.254 e. The molecule has 2 aromatic carbocycles. The lowest BCUT2D eigenvalue weighted by Crippen LogP contribution is -2.52. The number of fused-ring (bicyclic) bond motifs is 3. The number of aryl methyl sites for hydroxylation is 1. The first kappa shape index (κ1) is 14.7. The van der Waals surface area contributed by atoms with E-state index in [4.69, 9.17) is 0 Å². The standard InChI is InChI=1S/C20H18N2O2/c1-14-7-8-17-16(11-14)9-10-22-18(17)12-21(13-19(22)23)20(24)15-5-3-2-4-6-15/h2-11,18H,12-13H2,1H3. The summed E-state index contributed by atoms with van der Waals surface area (Å²) in [4.78, 5) is 28.7. The van der Waals surface area contributed by atoms with E-state index < -0.39 is 0 Å². The maximum atomic E-state index is 12.7. The van der Waals surface area contributed by atoms with Crippen LogP contribution in [-0.2, 0) is 4.79 Å². The molecule has 0 N–H and O–H groups in total. The third-order valence-corrected chi connectivity index (χ3v) is 4.67. The van der Waals surface area contributed by atoms with Gasteiger partial charge in [0.1, 0.15) is 6.54 Å². The molecule has 0 radical (unpaired) electrons. The molecule has 1 saturated heterocycles. The van der Waals surface area contributed by atoms with Crippen LogP contribution in [0.4, 0.5) is 0 Å². The van der Waals surface area contributed by atoms with Crippen molar-refractivity contribution < 1.29 is 9.59 Å². The molecule has 2 aromatic rings. The van der Waals surface area contributed by atoms with E-state index in [1.54, 1.807) is 21.9 Å². The van der Waals surface area contributed by atoms with Gasteiger partial charge in [0.25, 0.3) is 5.91 Å². The number of carbonyl (C=O) groups excluding carboxylic acids is 2. The molecule has 0 aliphatic carbocycles. The van der Waals surface area contributed by atoms with Gasteiger partial charge >= 0.3 is 0 Å². The Hall–Kier alpha value is -2.88. The van der Waals surface area contributed by atoms with Gasteiger partial charge in [-0.3, -0.25) is 9.59 Å². The van der Waals surface area contributed by atoms with Crippen LogP contribution >= 0.6 is 0 Å². The second-order valence-corrected chi connectivity index (χ2v) is 6.32. The molecule has 0 aromatic heterocycles. The van der Waals surface area contributed by atoms with Gasteiger partial charge in [-0.1, -0.05) is 42.0 Å². The predicted octanol–water partition coefficient (Wildman–Crippen LogP) is 3.01. The van der Waals surface area contributed by atoms with Crippen molar-refractivity contribution >= 4 is 17.9 Å². The van der Waals surface area contributed by atoms with Crippen LogP contribution in [0.1, 0.15) is 33.1 Å². The molecule has 0 bridgehead atoms. The average molecular weight is 318 g/mol. The molecule has 2 aliphatic rings. The zero-order valence-electron chi connectivity index (χ0n) is 13.5. The van der Waals surface area contributed by atoms with E-state index in [0.29, 0.717) is 12.1 Å². The van der Waals surface area contributed by atoms with Crippen LogP contribution in [0, 0.1) is 6.92 Å². The molecule has 2 aliphatic heterocycles. The summed E-state index contributed by atoms with van der Waals surface area (Å²) in [5, 5.41) is 0. The molecule has 2 heterocycles. The summed E-state index contributed by atoms with van der Waals surface area (Å²) < 4.78 is 0. The molecule has 2 amide bonds. The first-order valence-electron chi connectivity index (χ1n) is 8.08. The highest BCUT2D eigenvalue weighted by atomic mass is 16.2. The number of hydrogen-bond donors (Lipinski definition) is 0. The molecule has 4 rings (SSSR count). The summed E-state index contributed by atoms with van der Waals surface area (Å²) in [5.41, 5.74) is 4.03. The number of hydrogen-bond acceptors (Lipinski definition) is 2. The van der Waals surface area contributed by atoms with Gasteiger partial charge in [0.15, 0.2) is 0 Å². The van der Waals surface area contributed by atoms with E-state index in [1.165, 1.54) is 5.56 Å². The van der Waals surface area contributed by atoms with Crippen molar-refractivity contribution in [2.75, 3.05) is 13.1 Å². The Balaban J connectivity index is 1.67. The van der Waals surface area contributed by atoms with Crippen LogP contribution in [0.5, 0.6) is 0 Å². The number of carbonyl (C=O) groups is 2. The van der Waals surface area contributed by atoms with Crippen LogP contribution in [-0.4, -0.2) is 34.7 Å². The SMILES string of the molecule is Cc1ccc2c(c1)C=CN1C(=O)CN(C(=O)c3ccccc3)CC21. The molecular weight excluding hydrogens is 300 g/mol. The first-order valence-corrected chi connectivity index (χ1v) is 8.08. The van der Waals surface area contributed by atoms with Crippen LogP contribution in [0.2, 0.25) is 0 Å². The fourth-order valence-corrected chi connectivity index (χ4v) is 3.44. The summed E-state index contributed by atoms with van der Waals surface area (Å²) in [7, 11) is 0. The monoisotopic (exact) mass is 318 g/mol. The van der Waals surface area contributed by atoms with E-state index in [1.807, 2.05) is 30.5 Å². The minimum absolute atomic E-state index is 0.0435. The number of piperazine rings is 1. The van der Waals surface area contributed by atoms with Gasteiger partial charge in [0.2, 0.25) is 5.91 Å². The summed E-state index contributed by atoms with van der Waals surface area (Å²) >= 11 is 0. The minimum atomic E-state index is -0.112. The molecule has 1 unspecified atom stereocenters. The molecule has 0 spiro atoms. The fourth-order valence-electron chi connectivity index (χ4n) is 3.44. The Morgan fingerprint density at radius 3 is 2.71 bits per heavy atom. The average Bonchev–Trinajstić information content (AvgIpc) is 2.61. The molecule has 120 valence electrons. The van der Waals surface area contributed by atoms with Crippen molar-refractivity contribution in [2.24, 2.45) is 0 Å². The van der Waals surface area contributed by atoms with Crippen molar-refractivity contribution in [1.29, 1.82) is 0 Å². The first-order chi connectivity index (χ1) is 11.6. The molecular formula is C20H18N2O2. The Labute approximate surface area is 141 Å². The minimum Gasteiger partial charge on any atom is -0.327 e. The van der Waals surface area contributed by atoms with E-state index in [2.05, 4.69) is 25.1 Å². The zero-order valence-corrected chi connectivity index (χ0v) is 13.5. The van der Waals surface area contributed by atoms with Gasteiger partial charge in [-0.05, 0) is 36.3 Å². The van der Waals surface area contributed by atoms with Crippen molar-refractivity contribution in [2.45, 2.75) is 13.0 Å². The number of nitrogens with zero attached hydrogens (tertiary/aromatic N) is 2. The number of amides is 2. The second-order valence-electron chi connectivity index (χ2n) is 6.32. The zero-order chi connectivity index (χ0) is 16.7. The summed E-state index contributed by atoms with van der Waals surface area (Å²) in [6.07, 6.45) is 3.82. The molecule has 1 atom stereocenters. The van der Waals surface area contributed by atoms with Gasteiger partial charge in [-0.2, -0.15) is 0 Å². The van der Waals surface area contributed by atoms with Gasteiger partial charge in [-0.25, -0.2) is 0 Å². The highest BCUT2D eigenvalue weighted by molar-refractivity contribution is 5.97. The third-order valence-electron chi connectivity index (χ3n) is 4.67. The fraction of sp³-hybridized carbons (Fsp3) is 0.200. The maximum absolute atomic E-state index is 12.7.